The van der Waals surface area contributed by atoms with Gasteiger partial charge in [0.15, 0.2) is 5.41 Å². The fourth-order valence-corrected chi connectivity index (χ4v) is 2.05. The summed E-state index contributed by atoms with van der Waals surface area (Å²) in [6.45, 7) is 3.49. The molecule has 0 fully saturated rings. The summed E-state index contributed by atoms with van der Waals surface area (Å²) in [6, 6.07) is 4.91. The highest BCUT2D eigenvalue weighted by molar-refractivity contribution is 6.05. The SMILES string of the molecule is CCCC(C(=O)O)(C(=O)OCC)c1ccc(F)cc1. The van der Waals surface area contributed by atoms with E-state index < -0.39 is 23.2 Å². The number of carbonyl (C=O) groups is 2. The molecule has 1 N–H and O–H groups in total. The molecule has 0 aliphatic heterocycles. The molecular formula is C14H17FO4. The van der Waals surface area contributed by atoms with Gasteiger partial charge in [-0.15, -0.1) is 0 Å². The van der Waals surface area contributed by atoms with Crippen molar-refractivity contribution in [3.63, 3.8) is 0 Å². The molecule has 0 heterocycles. The van der Waals surface area contributed by atoms with Crippen LogP contribution >= 0.6 is 0 Å². The minimum Gasteiger partial charge on any atom is -0.480 e. The van der Waals surface area contributed by atoms with E-state index in [0.29, 0.717) is 6.42 Å². The van der Waals surface area contributed by atoms with Gasteiger partial charge in [0.2, 0.25) is 0 Å². The smallest absolute Gasteiger partial charge is 0.328 e. The molecule has 0 aliphatic carbocycles. The average molecular weight is 268 g/mol. The van der Waals surface area contributed by atoms with Crippen molar-refractivity contribution in [3.8, 4) is 0 Å². The van der Waals surface area contributed by atoms with E-state index >= 15 is 0 Å². The van der Waals surface area contributed by atoms with Crippen molar-refractivity contribution in [2.24, 2.45) is 0 Å². The molecule has 104 valence electrons. The molecule has 1 aromatic rings. The molecule has 1 atom stereocenters. The van der Waals surface area contributed by atoms with E-state index in [9.17, 15) is 19.1 Å². The first-order valence-electron chi connectivity index (χ1n) is 6.15. The molecule has 0 spiro atoms. The molecule has 0 bridgehead atoms. The van der Waals surface area contributed by atoms with E-state index in [0.717, 1.165) is 12.1 Å². The fourth-order valence-electron chi connectivity index (χ4n) is 2.05. The number of aliphatic carboxylic acids is 1. The number of hydrogen-bond donors (Lipinski definition) is 1. The van der Waals surface area contributed by atoms with Crippen molar-refractivity contribution >= 4 is 11.9 Å². The Morgan fingerprint density at radius 1 is 1.26 bits per heavy atom. The van der Waals surface area contributed by atoms with Gasteiger partial charge in [-0.1, -0.05) is 25.5 Å². The van der Waals surface area contributed by atoms with Crippen molar-refractivity contribution in [3.05, 3.63) is 35.6 Å². The molecule has 0 radical (unpaired) electrons. The molecule has 0 aliphatic rings. The van der Waals surface area contributed by atoms with Crippen LogP contribution in [0.1, 0.15) is 32.3 Å². The van der Waals surface area contributed by atoms with Gasteiger partial charge in [-0.25, -0.2) is 4.39 Å². The van der Waals surface area contributed by atoms with E-state index in [1.807, 2.05) is 0 Å². The van der Waals surface area contributed by atoms with Crippen LogP contribution < -0.4 is 0 Å². The van der Waals surface area contributed by atoms with E-state index in [1.54, 1.807) is 13.8 Å². The van der Waals surface area contributed by atoms with E-state index in [4.69, 9.17) is 4.74 Å². The van der Waals surface area contributed by atoms with Gasteiger partial charge in [0.25, 0.3) is 0 Å². The minimum atomic E-state index is -1.77. The molecule has 0 saturated carbocycles. The summed E-state index contributed by atoms with van der Waals surface area (Å²) in [4.78, 5) is 23.7. The second-order valence-corrected chi connectivity index (χ2v) is 4.19. The van der Waals surface area contributed by atoms with Crippen LogP contribution in [-0.2, 0) is 19.7 Å². The first-order chi connectivity index (χ1) is 8.98. The average Bonchev–Trinajstić information content (AvgIpc) is 2.37. The highest BCUT2D eigenvalue weighted by Crippen LogP contribution is 2.32. The number of carboxylic acids is 1. The number of benzene rings is 1. The largest absolute Gasteiger partial charge is 0.480 e. The van der Waals surface area contributed by atoms with Gasteiger partial charge < -0.3 is 9.84 Å². The summed E-state index contributed by atoms with van der Waals surface area (Å²) in [5.41, 5.74) is -1.53. The van der Waals surface area contributed by atoms with Crippen LogP contribution in [0.15, 0.2) is 24.3 Å². The topological polar surface area (TPSA) is 63.6 Å². The Kier molecular flexibility index (Phi) is 5.03. The maximum absolute atomic E-state index is 12.9. The maximum Gasteiger partial charge on any atom is 0.328 e. The summed E-state index contributed by atoms with van der Waals surface area (Å²) >= 11 is 0. The number of carbonyl (C=O) groups excluding carboxylic acids is 1. The van der Waals surface area contributed by atoms with Crippen LogP contribution in [0.5, 0.6) is 0 Å². The molecule has 0 amide bonds. The molecular weight excluding hydrogens is 251 g/mol. The van der Waals surface area contributed by atoms with Gasteiger partial charge in [0.05, 0.1) is 6.61 Å². The van der Waals surface area contributed by atoms with Crippen LogP contribution in [0.2, 0.25) is 0 Å². The van der Waals surface area contributed by atoms with Crippen LogP contribution in [0.4, 0.5) is 4.39 Å². The van der Waals surface area contributed by atoms with Crippen LogP contribution in [0.3, 0.4) is 0 Å². The summed E-state index contributed by atoms with van der Waals surface area (Å²) in [5, 5.41) is 9.48. The van der Waals surface area contributed by atoms with Crippen molar-refractivity contribution < 1.29 is 23.8 Å². The lowest BCUT2D eigenvalue weighted by Crippen LogP contribution is -2.45. The lowest BCUT2D eigenvalue weighted by Gasteiger charge is -2.27. The van der Waals surface area contributed by atoms with E-state index in [-0.39, 0.29) is 18.6 Å². The van der Waals surface area contributed by atoms with Gasteiger partial charge in [-0.2, -0.15) is 0 Å². The molecule has 0 saturated heterocycles. The molecule has 1 aromatic carbocycles. The van der Waals surface area contributed by atoms with Crippen molar-refractivity contribution in [2.75, 3.05) is 6.61 Å². The predicted octanol–water partition coefficient (Wildman–Crippen LogP) is 2.51. The quantitative estimate of drug-likeness (QED) is 0.636. The third-order valence-corrected chi connectivity index (χ3v) is 2.95. The Bertz CT molecular complexity index is 455. The van der Waals surface area contributed by atoms with Gasteiger partial charge in [0, 0.05) is 0 Å². The number of carboxylic acid groups (broad SMARTS) is 1. The van der Waals surface area contributed by atoms with Crippen LogP contribution in [-0.4, -0.2) is 23.7 Å². The summed E-state index contributed by atoms with van der Waals surface area (Å²) < 4.78 is 17.8. The minimum absolute atomic E-state index is 0.0960. The normalized spacial score (nSPS) is 13.6. The first kappa shape index (κ1) is 15.1. The van der Waals surface area contributed by atoms with Crippen LogP contribution in [0, 0.1) is 5.82 Å². The number of hydrogen-bond acceptors (Lipinski definition) is 3. The zero-order chi connectivity index (χ0) is 14.5. The molecule has 19 heavy (non-hydrogen) atoms. The number of ether oxygens (including phenoxy) is 1. The third kappa shape index (κ3) is 2.92. The van der Waals surface area contributed by atoms with Gasteiger partial charge in [-0.05, 0) is 31.0 Å². The maximum atomic E-state index is 12.9. The molecule has 5 heteroatoms. The molecule has 0 aromatic heterocycles. The van der Waals surface area contributed by atoms with Crippen molar-refractivity contribution in [1.29, 1.82) is 0 Å². The van der Waals surface area contributed by atoms with E-state index in [1.165, 1.54) is 12.1 Å². The Hall–Kier alpha value is -1.91. The zero-order valence-corrected chi connectivity index (χ0v) is 11.0. The first-order valence-corrected chi connectivity index (χ1v) is 6.15. The Morgan fingerprint density at radius 2 is 1.84 bits per heavy atom. The number of rotatable bonds is 6. The second kappa shape index (κ2) is 6.31. The van der Waals surface area contributed by atoms with Gasteiger partial charge in [-0.3, -0.25) is 9.59 Å². The highest BCUT2D eigenvalue weighted by Gasteiger charge is 2.48. The zero-order valence-electron chi connectivity index (χ0n) is 11.0. The molecule has 1 unspecified atom stereocenters. The number of esters is 1. The Labute approximate surface area is 111 Å². The lowest BCUT2D eigenvalue weighted by atomic mass is 9.76. The Morgan fingerprint density at radius 3 is 2.26 bits per heavy atom. The molecule has 1 rings (SSSR count). The van der Waals surface area contributed by atoms with Crippen molar-refractivity contribution in [1.82, 2.24) is 0 Å². The fraction of sp³-hybridized carbons (Fsp3) is 0.429. The monoisotopic (exact) mass is 268 g/mol. The summed E-state index contributed by atoms with van der Waals surface area (Å²) in [7, 11) is 0. The van der Waals surface area contributed by atoms with E-state index in [2.05, 4.69) is 0 Å². The van der Waals surface area contributed by atoms with Gasteiger partial charge >= 0.3 is 11.9 Å². The van der Waals surface area contributed by atoms with Crippen LogP contribution in [0.25, 0.3) is 0 Å². The summed E-state index contributed by atoms with van der Waals surface area (Å²) in [6.07, 6.45) is 0.593. The van der Waals surface area contributed by atoms with Gasteiger partial charge in [0.1, 0.15) is 5.82 Å². The predicted molar refractivity (Wildman–Crippen MR) is 67.3 cm³/mol. The van der Waals surface area contributed by atoms with Crippen molar-refractivity contribution in [2.45, 2.75) is 32.1 Å². The third-order valence-electron chi connectivity index (χ3n) is 2.95. The highest BCUT2D eigenvalue weighted by atomic mass is 19.1. The second-order valence-electron chi connectivity index (χ2n) is 4.19. The lowest BCUT2D eigenvalue weighted by molar-refractivity contribution is -0.162. The number of halogens is 1. The standard InChI is InChI=1S/C14H17FO4/c1-3-9-14(12(16)17,13(18)19-4-2)10-5-7-11(15)8-6-10/h5-8H,3-4,9H2,1-2H3,(H,16,17). The molecule has 4 nitrogen and oxygen atoms in total. The summed E-state index contributed by atoms with van der Waals surface area (Å²) in [5.74, 6) is -2.57. The Balaban J connectivity index is 3.34.